The fourth-order valence-electron chi connectivity index (χ4n) is 2.98. The van der Waals surface area contributed by atoms with E-state index in [1.54, 1.807) is 11.3 Å². The Kier molecular flexibility index (Phi) is 6.28. The predicted octanol–water partition coefficient (Wildman–Crippen LogP) is 3.58. The molecule has 0 bridgehead atoms. The molecule has 3 N–H and O–H groups in total. The van der Waals surface area contributed by atoms with E-state index in [1.807, 2.05) is 7.05 Å². The average Bonchev–Trinajstić information content (AvgIpc) is 3.20. The molecule has 2 aromatic heterocycles. The minimum absolute atomic E-state index is 0.842. The molecule has 0 spiro atoms. The summed E-state index contributed by atoms with van der Waals surface area (Å²) in [6.45, 7) is 5.93. The minimum Gasteiger partial charge on any atom is -0.361 e. The number of para-hydroxylation sites is 1. The van der Waals surface area contributed by atoms with E-state index in [2.05, 4.69) is 69.9 Å². The van der Waals surface area contributed by atoms with E-state index in [-0.39, 0.29) is 0 Å². The lowest BCUT2D eigenvalue weighted by Crippen LogP contribution is -2.38. The van der Waals surface area contributed by atoms with Crippen molar-refractivity contribution in [3.8, 4) is 0 Å². The fraction of sp³-hybridized carbons (Fsp3) is 0.400. The number of thiazole rings is 1. The molecule has 0 aliphatic carbocycles. The summed E-state index contributed by atoms with van der Waals surface area (Å²) in [5.41, 5.74) is 3.73. The van der Waals surface area contributed by atoms with Crippen LogP contribution in [0.25, 0.3) is 10.9 Å². The van der Waals surface area contributed by atoms with Gasteiger partial charge in [-0.05, 0) is 38.3 Å². The largest absolute Gasteiger partial charge is 0.361 e. The summed E-state index contributed by atoms with van der Waals surface area (Å²) >= 11 is 1.78. The van der Waals surface area contributed by atoms with Crippen LogP contribution < -0.4 is 10.6 Å². The number of fused-ring (bicyclic) bond motifs is 1. The molecule has 26 heavy (non-hydrogen) atoms. The van der Waals surface area contributed by atoms with Crippen molar-refractivity contribution in [2.24, 2.45) is 4.99 Å². The number of aliphatic imine (C=N–C) groups is 1. The number of hydrogen-bond acceptors (Lipinski definition) is 3. The maximum Gasteiger partial charge on any atom is 0.190 e. The van der Waals surface area contributed by atoms with Crippen LogP contribution in [0.4, 0.5) is 0 Å². The zero-order valence-electron chi connectivity index (χ0n) is 15.7. The molecule has 2 heterocycles. The van der Waals surface area contributed by atoms with E-state index in [9.17, 15) is 0 Å². The van der Waals surface area contributed by atoms with Gasteiger partial charge in [0.25, 0.3) is 0 Å². The maximum atomic E-state index is 4.58. The minimum atomic E-state index is 0.842. The lowest BCUT2D eigenvalue weighted by atomic mass is 10.1. The molecule has 0 aliphatic rings. The van der Waals surface area contributed by atoms with Crippen LogP contribution in [0.5, 0.6) is 0 Å². The number of rotatable bonds is 7. The molecule has 0 aliphatic heterocycles. The Hall–Kier alpha value is -2.34. The van der Waals surface area contributed by atoms with Gasteiger partial charge in [-0.25, -0.2) is 4.98 Å². The Morgan fingerprint density at radius 1 is 1.15 bits per heavy atom. The van der Waals surface area contributed by atoms with Gasteiger partial charge in [0.05, 0.1) is 10.7 Å². The van der Waals surface area contributed by atoms with E-state index in [1.165, 1.54) is 26.4 Å². The number of nitrogens with one attached hydrogen (secondary N) is 3. The number of H-pyrrole nitrogens is 1. The third-order valence-electron chi connectivity index (χ3n) is 4.52. The van der Waals surface area contributed by atoms with Crippen LogP contribution in [0.15, 0.2) is 35.5 Å². The fourth-order valence-corrected chi connectivity index (χ4v) is 3.91. The van der Waals surface area contributed by atoms with Crippen LogP contribution in [0.3, 0.4) is 0 Å². The molecular formula is C20H27N5S. The summed E-state index contributed by atoms with van der Waals surface area (Å²) in [5, 5.41) is 9.27. The highest BCUT2D eigenvalue weighted by Gasteiger charge is 2.05. The molecule has 0 unspecified atom stereocenters. The molecule has 3 rings (SSSR count). The Morgan fingerprint density at radius 2 is 1.96 bits per heavy atom. The normalized spacial score (nSPS) is 11.9. The van der Waals surface area contributed by atoms with Gasteiger partial charge in [-0.15, -0.1) is 11.3 Å². The molecule has 3 aromatic rings. The Balaban J connectivity index is 1.39. The SMILES string of the molecule is CN=C(NCCCc1c[nH]c2ccccc12)NCCc1nc(C)c(C)s1. The topological polar surface area (TPSA) is 65.1 Å². The lowest BCUT2D eigenvalue weighted by molar-refractivity contribution is 0.740. The number of hydrogen-bond donors (Lipinski definition) is 3. The second kappa shape index (κ2) is 8.85. The highest BCUT2D eigenvalue weighted by atomic mass is 32.1. The van der Waals surface area contributed by atoms with Crippen LogP contribution in [0.2, 0.25) is 0 Å². The molecule has 0 fully saturated rings. The number of aromatic nitrogens is 2. The molecule has 1 aromatic carbocycles. The van der Waals surface area contributed by atoms with Crippen LogP contribution in [0.1, 0.15) is 27.6 Å². The lowest BCUT2D eigenvalue weighted by Gasteiger charge is -2.11. The van der Waals surface area contributed by atoms with Crippen molar-refractivity contribution in [1.82, 2.24) is 20.6 Å². The molecular weight excluding hydrogens is 342 g/mol. The quantitative estimate of drug-likeness (QED) is 0.339. The summed E-state index contributed by atoms with van der Waals surface area (Å²) in [6.07, 6.45) is 5.16. The molecule has 6 heteroatoms. The Morgan fingerprint density at radius 3 is 2.73 bits per heavy atom. The summed E-state index contributed by atoms with van der Waals surface area (Å²) < 4.78 is 0. The molecule has 0 saturated carbocycles. The number of benzene rings is 1. The third kappa shape index (κ3) is 4.64. The summed E-state index contributed by atoms with van der Waals surface area (Å²) in [5.74, 6) is 0.855. The Bertz CT molecular complexity index is 858. The van der Waals surface area contributed by atoms with Crippen molar-refractivity contribution in [3.05, 3.63) is 51.6 Å². The van der Waals surface area contributed by atoms with Crippen molar-refractivity contribution >= 4 is 28.2 Å². The second-order valence-corrected chi connectivity index (χ2v) is 7.68. The zero-order chi connectivity index (χ0) is 18.4. The van der Waals surface area contributed by atoms with Crippen LogP contribution in [0, 0.1) is 13.8 Å². The van der Waals surface area contributed by atoms with Gasteiger partial charge in [0.15, 0.2) is 5.96 Å². The zero-order valence-corrected chi connectivity index (χ0v) is 16.5. The van der Waals surface area contributed by atoms with Gasteiger partial charge in [-0.3, -0.25) is 4.99 Å². The molecule has 0 saturated heterocycles. The highest BCUT2D eigenvalue weighted by molar-refractivity contribution is 7.11. The average molecular weight is 370 g/mol. The van der Waals surface area contributed by atoms with Crippen molar-refractivity contribution in [3.63, 3.8) is 0 Å². The molecule has 0 radical (unpaired) electrons. The second-order valence-electron chi connectivity index (χ2n) is 6.39. The van der Waals surface area contributed by atoms with E-state index >= 15 is 0 Å². The molecule has 0 atom stereocenters. The first-order chi connectivity index (χ1) is 12.7. The Labute approximate surface area is 159 Å². The summed E-state index contributed by atoms with van der Waals surface area (Å²) in [7, 11) is 1.81. The van der Waals surface area contributed by atoms with Gasteiger partial charge in [-0.1, -0.05) is 18.2 Å². The van der Waals surface area contributed by atoms with Crippen LogP contribution >= 0.6 is 11.3 Å². The number of aryl methyl sites for hydroxylation is 3. The van der Waals surface area contributed by atoms with Crippen LogP contribution in [-0.2, 0) is 12.8 Å². The molecule has 0 amide bonds. The van der Waals surface area contributed by atoms with Gasteiger partial charge in [0.2, 0.25) is 0 Å². The predicted molar refractivity (Wildman–Crippen MR) is 111 cm³/mol. The van der Waals surface area contributed by atoms with E-state index in [0.29, 0.717) is 0 Å². The van der Waals surface area contributed by atoms with Gasteiger partial charge in [0.1, 0.15) is 0 Å². The first-order valence-electron chi connectivity index (χ1n) is 9.10. The van der Waals surface area contributed by atoms with E-state index < -0.39 is 0 Å². The van der Waals surface area contributed by atoms with Crippen molar-refractivity contribution in [2.45, 2.75) is 33.1 Å². The smallest absolute Gasteiger partial charge is 0.190 e. The van der Waals surface area contributed by atoms with Gasteiger partial charge in [0, 0.05) is 48.5 Å². The number of nitrogens with zero attached hydrogens (tertiary/aromatic N) is 2. The van der Waals surface area contributed by atoms with E-state index in [0.717, 1.165) is 44.0 Å². The van der Waals surface area contributed by atoms with Gasteiger partial charge >= 0.3 is 0 Å². The summed E-state index contributed by atoms with van der Waals surface area (Å²) in [4.78, 5) is 13.5. The van der Waals surface area contributed by atoms with Crippen LogP contribution in [-0.4, -0.2) is 36.1 Å². The van der Waals surface area contributed by atoms with Crippen molar-refractivity contribution in [2.75, 3.05) is 20.1 Å². The van der Waals surface area contributed by atoms with Crippen molar-refractivity contribution in [1.29, 1.82) is 0 Å². The highest BCUT2D eigenvalue weighted by Crippen LogP contribution is 2.18. The maximum absolute atomic E-state index is 4.58. The first kappa shape index (κ1) is 18.5. The summed E-state index contributed by atoms with van der Waals surface area (Å²) in [6, 6.07) is 8.45. The van der Waals surface area contributed by atoms with Crippen molar-refractivity contribution < 1.29 is 0 Å². The van der Waals surface area contributed by atoms with Gasteiger partial charge in [-0.2, -0.15) is 0 Å². The standard InChI is InChI=1S/C20H27N5S/c1-14-15(2)26-19(25-14)10-12-23-20(21-3)22-11-6-7-16-13-24-18-9-5-4-8-17(16)18/h4-5,8-9,13,24H,6-7,10-12H2,1-3H3,(H2,21,22,23). The van der Waals surface area contributed by atoms with E-state index in [4.69, 9.17) is 0 Å². The first-order valence-corrected chi connectivity index (χ1v) is 9.91. The molecule has 5 nitrogen and oxygen atoms in total. The molecule has 138 valence electrons. The number of guanidine groups is 1. The van der Waals surface area contributed by atoms with Gasteiger partial charge < -0.3 is 15.6 Å². The number of aromatic amines is 1. The third-order valence-corrected chi connectivity index (χ3v) is 5.65. The monoisotopic (exact) mass is 369 g/mol.